The van der Waals surface area contributed by atoms with Gasteiger partial charge in [-0.25, -0.2) is 0 Å². The lowest BCUT2D eigenvalue weighted by Gasteiger charge is -2.09. The second kappa shape index (κ2) is 5.48. The summed E-state index contributed by atoms with van der Waals surface area (Å²) in [6.45, 7) is 5.79. The lowest BCUT2D eigenvalue weighted by molar-refractivity contribution is 0.0942. The first kappa shape index (κ1) is 11.6. The van der Waals surface area contributed by atoms with Crippen LogP contribution in [0.5, 0.6) is 0 Å². The lowest BCUT2D eigenvalue weighted by Crippen LogP contribution is -2.07. The molecule has 0 aliphatic heterocycles. The van der Waals surface area contributed by atoms with E-state index in [2.05, 4.69) is 35.9 Å². The predicted molar refractivity (Wildman–Crippen MR) is 64.2 cm³/mol. The zero-order chi connectivity index (χ0) is 11.4. The normalized spacial score (nSPS) is 17.4. The van der Waals surface area contributed by atoms with Crippen molar-refractivity contribution in [3.05, 3.63) is 18.0 Å². The first-order chi connectivity index (χ1) is 7.75. The van der Waals surface area contributed by atoms with Gasteiger partial charge in [-0.05, 0) is 24.8 Å². The Labute approximate surface area is 97.8 Å². The fraction of sp³-hybridized carbons (Fsp3) is 0.769. The van der Waals surface area contributed by atoms with E-state index in [1.807, 2.05) is 0 Å². The molecule has 1 saturated carbocycles. The van der Waals surface area contributed by atoms with E-state index in [1.54, 1.807) is 0 Å². The Morgan fingerprint density at radius 2 is 2.19 bits per heavy atom. The van der Waals surface area contributed by atoms with Crippen molar-refractivity contribution in [3.8, 4) is 0 Å². The third kappa shape index (κ3) is 3.08. The van der Waals surface area contributed by atoms with Gasteiger partial charge in [0.05, 0.1) is 18.3 Å². The van der Waals surface area contributed by atoms with Gasteiger partial charge in [-0.3, -0.25) is 4.68 Å². The first-order valence-electron chi connectivity index (χ1n) is 6.37. The smallest absolute Gasteiger partial charge is 0.0906 e. The van der Waals surface area contributed by atoms with E-state index in [1.165, 1.54) is 25.7 Å². The molecular weight excluding hydrogens is 200 g/mol. The Hall–Kier alpha value is -0.830. The zero-order valence-electron chi connectivity index (χ0n) is 10.4. The standard InChI is InChI=1S/C13H22N2O/c1-11(2)9-16-10-12-7-8-15(14-12)13-5-3-4-6-13/h7-8,11,13H,3-6,9-10H2,1-2H3. The molecule has 1 aliphatic carbocycles. The molecule has 0 N–H and O–H groups in total. The Bertz CT molecular complexity index is 313. The van der Waals surface area contributed by atoms with Crippen LogP contribution < -0.4 is 0 Å². The summed E-state index contributed by atoms with van der Waals surface area (Å²) in [5.41, 5.74) is 1.06. The highest BCUT2D eigenvalue weighted by molar-refractivity contribution is 4.98. The molecule has 0 aromatic carbocycles. The number of ether oxygens (including phenoxy) is 1. The molecule has 0 amide bonds. The second-order valence-electron chi connectivity index (χ2n) is 5.13. The minimum Gasteiger partial charge on any atom is -0.375 e. The number of aromatic nitrogens is 2. The van der Waals surface area contributed by atoms with Gasteiger partial charge >= 0.3 is 0 Å². The number of nitrogens with zero attached hydrogens (tertiary/aromatic N) is 2. The van der Waals surface area contributed by atoms with Crippen LogP contribution in [0.1, 0.15) is 51.3 Å². The molecule has 1 fully saturated rings. The Kier molecular flexibility index (Phi) is 3.99. The van der Waals surface area contributed by atoms with Gasteiger partial charge in [0.25, 0.3) is 0 Å². The number of hydrogen-bond donors (Lipinski definition) is 0. The highest BCUT2D eigenvalue weighted by Crippen LogP contribution is 2.28. The van der Waals surface area contributed by atoms with E-state index in [0.29, 0.717) is 18.6 Å². The van der Waals surface area contributed by atoms with Gasteiger partial charge in [0.15, 0.2) is 0 Å². The topological polar surface area (TPSA) is 27.1 Å². The van der Waals surface area contributed by atoms with Gasteiger partial charge in [0.2, 0.25) is 0 Å². The maximum absolute atomic E-state index is 5.58. The summed E-state index contributed by atoms with van der Waals surface area (Å²) >= 11 is 0. The molecule has 3 heteroatoms. The number of rotatable bonds is 5. The Balaban J connectivity index is 1.82. The summed E-state index contributed by atoms with van der Waals surface area (Å²) in [5.74, 6) is 0.594. The van der Waals surface area contributed by atoms with Crippen molar-refractivity contribution in [3.63, 3.8) is 0 Å². The van der Waals surface area contributed by atoms with Gasteiger partial charge < -0.3 is 4.74 Å². The monoisotopic (exact) mass is 222 g/mol. The molecule has 90 valence electrons. The maximum atomic E-state index is 5.58. The Morgan fingerprint density at radius 3 is 2.88 bits per heavy atom. The van der Waals surface area contributed by atoms with Crippen LogP contribution in [0.25, 0.3) is 0 Å². The third-order valence-electron chi connectivity index (χ3n) is 3.06. The molecule has 2 rings (SSSR count). The molecule has 3 nitrogen and oxygen atoms in total. The van der Waals surface area contributed by atoms with Crippen LogP contribution in [-0.4, -0.2) is 16.4 Å². The van der Waals surface area contributed by atoms with E-state index >= 15 is 0 Å². The lowest BCUT2D eigenvalue weighted by atomic mass is 10.2. The molecule has 0 radical (unpaired) electrons. The summed E-state index contributed by atoms with van der Waals surface area (Å²) in [5, 5.41) is 4.58. The maximum Gasteiger partial charge on any atom is 0.0906 e. The molecule has 16 heavy (non-hydrogen) atoms. The summed E-state index contributed by atoms with van der Waals surface area (Å²) < 4.78 is 7.71. The van der Waals surface area contributed by atoms with Crippen LogP contribution in [0, 0.1) is 5.92 Å². The van der Waals surface area contributed by atoms with Gasteiger partial charge in [-0.1, -0.05) is 26.7 Å². The minimum atomic E-state index is 0.594. The molecule has 1 heterocycles. The molecule has 0 bridgehead atoms. The summed E-state index contributed by atoms with van der Waals surface area (Å²) in [6.07, 6.45) is 7.37. The first-order valence-corrected chi connectivity index (χ1v) is 6.37. The van der Waals surface area contributed by atoms with Crippen LogP contribution in [0.15, 0.2) is 12.3 Å². The fourth-order valence-corrected chi connectivity index (χ4v) is 2.23. The van der Waals surface area contributed by atoms with E-state index in [4.69, 9.17) is 4.74 Å². The molecule has 0 spiro atoms. The zero-order valence-corrected chi connectivity index (χ0v) is 10.4. The third-order valence-corrected chi connectivity index (χ3v) is 3.06. The molecule has 0 saturated heterocycles. The van der Waals surface area contributed by atoms with E-state index in [0.717, 1.165) is 12.3 Å². The second-order valence-corrected chi connectivity index (χ2v) is 5.13. The van der Waals surface area contributed by atoms with E-state index < -0.39 is 0 Å². The van der Waals surface area contributed by atoms with Gasteiger partial charge in [0, 0.05) is 12.8 Å². The van der Waals surface area contributed by atoms with Crippen molar-refractivity contribution in [2.24, 2.45) is 5.92 Å². The molecule has 0 atom stereocenters. The molecule has 0 unspecified atom stereocenters. The van der Waals surface area contributed by atoms with Crippen molar-refractivity contribution in [1.29, 1.82) is 0 Å². The van der Waals surface area contributed by atoms with Crippen LogP contribution in [-0.2, 0) is 11.3 Å². The summed E-state index contributed by atoms with van der Waals surface area (Å²) in [4.78, 5) is 0. The quantitative estimate of drug-likeness (QED) is 0.765. The number of hydrogen-bond acceptors (Lipinski definition) is 2. The highest BCUT2D eigenvalue weighted by atomic mass is 16.5. The van der Waals surface area contributed by atoms with Crippen LogP contribution >= 0.6 is 0 Å². The van der Waals surface area contributed by atoms with E-state index in [-0.39, 0.29) is 0 Å². The molecule has 1 aromatic heterocycles. The van der Waals surface area contributed by atoms with Crippen LogP contribution in [0.3, 0.4) is 0 Å². The van der Waals surface area contributed by atoms with Gasteiger partial charge in [-0.15, -0.1) is 0 Å². The molecular formula is C13H22N2O. The van der Waals surface area contributed by atoms with E-state index in [9.17, 15) is 0 Å². The van der Waals surface area contributed by atoms with Crippen LogP contribution in [0.2, 0.25) is 0 Å². The van der Waals surface area contributed by atoms with Gasteiger partial charge in [-0.2, -0.15) is 5.10 Å². The largest absolute Gasteiger partial charge is 0.375 e. The summed E-state index contributed by atoms with van der Waals surface area (Å²) in [7, 11) is 0. The SMILES string of the molecule is CC(C)COCc1ccn(C2CCCC2)n1. The fourth-order valence-electron chi connectivity index (χ4n) is 2.23. The highest BCUT2D eigenvalue weighted by Gasteiger charge is 2.17. The Morgan fingerprint density at radius 1 is 1.44 bits per heavy atom. The van der Waals surface area contributed by atoms with Crippen molar-refractivity contribution >= 4 is 0 Å². The summed E-state index contributed by atoms with van der Waals surface area (Å²) in [6, 6.07) is 2.72. The van der Waals surface area contributed by atoms with Crippen LogP contribution in [0.4, 0.5) is 0 Å². The van der Waals surface area contributed by atoms with Crippen molar-refractivity contribution in [2.45, 2.75) is 52.2 Å². The van der Waals surface area contributed by atoms with Crippen molar-refractivity contribution in [2.75, 3.05) is 6.61 Å². The molecule has 1 aromatic rings. The van der Waals surface area contributed by atoms with Crippen molar-refractivity contribution in [1.82, 2.24) is 9.78 Å². The van der Waals surface area contributed by atoms with Gasteiger partial charge in [0.1, 0.15) is 0 Å². The van der Waals surface area contributed by atoms with Crippen molar-refractivity contribution < 1.29 is 4.74 Å². The molecule has 1 aliphatic rings. The average molecular weight is 222 g/mol. The average Bonchev–Trinajstić information content (AvgIpc) is 2.85. The minimum absolute atomic E-state index is 0.594. The predicted octanol–water partition coefficient (Wildman–Crippen LogP) is 3.17.